The van der Waals surface area contributed by atoms with Crippen molar-refractivity contribution in [3.63, 3.8) is 0 Å². The maximum absolute atomic E-state index is 13.4. The van der Waals surface area contributed by atoms with Crippen LogP contribution in [0.1, 0.15) is 34.7 Å². The van der Waals surface area contributed by atoms with Gasteiger partial charge < -0.3 is 9.80 Å². The summed E-state index contributed by atoms with van der Waals surface area (Å²) in [6, 6.07) is 9.72. The summed E-state index contributed by atoms with van der Waals surface area (Å²) in [5, 5.41) is 4.32. The van der Waals surface area contributed by atoms with Crippen LogP contribution in [0, 0.1) is 13.8 Å². The number of carbonyl (C=O) groups is 1. The summed E-state index contributed by atoms with van der Waals surface area (Å²) in [7, 11) is 0. The number of piperidine rings is 2. The maximum atomic E-state index is 13.4. The Morgan fingerprint density at radius 2 is 1.79 bits per heavy atom. The Bertz CT molecular complexity index is 1030. The summed E-state index contributed by atoms with van der Waals surface area (Å²) >= 11 is 0. The van der Waals surface area contributed by atoms with Gasteiger partial charge in [-0.2, -0.15) is 5.10 Å². The van der Waals surface area contributed by atoms with Crippen LogP contribution in [0.3, 0.4) is 0 Å². The van der Waals surface area contributed by atoms with E-state index in [-0.39, 0.29) is 18.0 Å². The van der Waals surface area contributed by atoms with Gasteiger partial charge in [0.15, 0.2) is 5.82 Å². The molecule has 2 unspecified atom stereocenters. The second-order valence-electron chi connectivity index (χ2n) is 7.76. The van der Waals surface area contributed by atoms with E-state index in [9.17, 15) is 4.79 Å². The van der Waals surface area contributed by atoms with Gasteiger partial charge in [-0.15, -0.1) is 0 Å². The van der Waals surface area contributed by atoms with Crippen molar-refractivity contribution in [2.24, 2.45) is 0 Å². The first kappa shape index (κ1) is 17.8. The zero-order valence-corrected chi connectivity index (χ0v) is 16.6. The molecule has 1 amide bonds. The summed E-state index contributed by atoms with van der Waals surface area (Å²) in [6.45, 7) is 5.42. The number of hydrogen-bond donors (Lipinski definition) is 0. The lowest BCUT2D eigenvalue weighted by atomic mass is 9.90. The highest BCUT2D eigenvalue weighted by Crippen LogP contribution is 2.32. The second kappa shape index (κ2) is 6.95. The zero-order valence-electron chi connectivity index (χ0n) is 16.6. The van der Waals surface area contributed by atoms with Crippen molar-refractivity contribution >= 4 is 11.9 Å². The van der Waals surface area contributed by atoms with Crippen LogP contribution in [0.25, 0.3) is 5.82 Å². The van der Waals surface area contributed by atoms with Gasteiger partial charge in [0.1, 0.15) is 5.69 Å². The molecule has 2 bridgehead atoms. The Kier molecular flexibility index (Phi) is 4.26. The molecule has 6 heterocycles. The third kappa shape index (κ3) is 3.14. The number of pyridine rings is 1. The molecular formula is C21H23N7O. The number of hydrogen-bond acceptors (Lipinski definition) is 6. The number of aryl methyl sites for hydroxylation is 2. The van der Waals surface area contributed by atoms with E-state index in [1.165, 1.54) is 0 Å². The minimum Gasteiger partial charge on any atom is -0.334 e. The average molecular weight is 389 g/mol. The molecule has 2 atom stereocenters. The Hall–Kier alpha value is -3.29. The first-order valence-corrected chi connectivity index (χ1v) is 9.95. The Morgan fingerprint density at radius 3 is 2.48 bits per heavy atom. The van der Waals surface area contributed by atoms with Crippen LogP contribution < -0.4 is 4.90 Å². The van der Waals surface area contributed by atoms with Gasteiger partial charge in [0, 0.05) is 42.8 Å². The van der Waals surface area contributed by atoms with Gasteiger partial charge in [-0.05, 0) is 51.0 Å². The molecule has 0 aliphatic carbocycles. The molecule has 6 rings (SSSR count). The van der Waals surface area contributed by atoms with Crippen LogP contribution in [0.2, 0.25) is 0 Å². The van der Waals surface area contributed by atoms with E-state index >= 15 is 0 Å². The minimum absolute atomic E-state index is 0.00356. The Labute approximate surface area is 169 Å². The fraction of sp³-hybridized carbons (Fsp3) is 0.381. The molecular weight excluding hydrogens is 366 g/mol. The summed E-state index contributed by atoms with van der Waals surface area (Å²) < 4.78 is 1.62. The van der Waals surface area contributed by atoms with Gasteiger partial charge in [0.05, 0.1) is 6.20 Å². The molecule has 148 valence electrons. The van der Waals surface area contributed by atoms with Crippen molar-refractivity contribution in [3.8, 4) is 5.82 Å². The lowest BCUT2D eigenvalue weighted by Gasteiger charge is -2.51. The standard InChI is InChI=1S/C21H23N7O/c1-14-11-15(2)25-21(24-14)27-13-16-6-7-17(27)12-26(16)20(29)18-8-10-23-28(18)19-5-3-4-9-22-19/h3-5,8-11,16-17H,6-7,12-13H2,1-2H3. The van der Waals surface area contributed by atoms with Crippen molar-refractivity contribution < 1.29 is 4.79 Å². The Balaban J connectivity index is 1.40. The first-order chi connectivity index (χ1) is 14.1. The molecule has 0 saturated carbocycles. The van der Waals surface area contributed by atoms with Crippen molar-refractivity contribution in [1.82, 2.24) is 29.6 Å². The average Bonchev–Trinajstić information content (AvgIpc) is 3.23. The molecule has 0 aromatic carbocycles. The number of nitrogens with zero attached hydrogens (tertiary/aromatic N) is 7. The lowest BCUT2D eigenvalue weighted by Crippen LogP contribution is -2.64. The van der Waals surface area contributed by atoms with Crippen molar-refractivity contribution in [2.75, 3.05) is 18.0 Å². The third-order valence-corrected chi connectivity index (χ3v) is 5.75. The number of carbonyl (C=O) groups excluding carboxylic acids is 1. The first-order valence-electron chi connectivity index (χ1n) is 9.95. The van der Waals surface area contributed by atoms with E-state index in [4.69, 9.17) is 0 Å². The molecule has 3 aromatic rings. The molecule has 0 spiro atoms. The van der Waals surface area contributed by atoms with E-state index in [1.807, 2.05) is 43.0 Å². The number of amides is 1. The summed E-state index contributed by atoms with van der Waals surface area (Å²) in [4.78, 5) is 31.3. The normalized spacial score (nSPS) is 20.9. The van der Waals surface area contributed by atoms with Gasteiger partial charge in [-0.1, -0.05) is 6.07 Å². The quantitative estimate of drug-likeness (QED) is 0.683. The van der Waals surface area contributed by atoms with Crippen LogP contribution in [-0.4, -0.2) is 60.7 Å². The van der Waals surface area contributed by atoms with Crippen molar-refractivity contribution in [2.45, 2.75) is 38.8 Å². The molecule has 3 aliphatic rings. The van der Waals surface area contributed by atoms with Crippen molar-refractivity contribution in [3.05, 3.63) is 59.8 Å². The van der Waals surface area contributed by atoms with Gasteiger partial charge >= 0.3 is 0 Å². The summed E-state index contributed by atoms with van der Waals surface area (Å²) in [5.74, 6) is 1.43. The Morgan fingerprint density at radius 1 is 1.00 bits per heavy atom. The SMILES string of the molecule is Cc1cc(C)nc(N2CC3CCC2CN3C(=O)c2ccnn2-c2ccccn2)n1. The predicted octanol–water partition coefficient (Wildman–Crippen LogP) is 2.17. The zero-order chi connectivity index (χ0) is 20.0. The van der Waals surface area contributed by atoms with Crippen LogP contribution in [0.4, 0.5) is 5.95 Å². The van der Waals surface area contributed by atoms with Gasteiger partial charge in [0.2, 0.25) is 5.95 Å². The van der Waals surface area contributed by atoms with E-state index < -0.39 is 0 Å². The third-order valence-electron chi connectivity index (χ3n) is 5.75. The maximum Gasteiger partial charge on any atom is 0.273 e. The number of aromatic nitrogens is 5. The van der Waals surface area contributed by atoms with E-state index in [2.05, 4.69) is 25.0 Å². The van der Waals surface area contributed by atoms with E-state index in [1.54, 1.807) is 23.1 Å². The van der Waals surface area contributed by atoms with Gasteiger partial charge in [0.25, 0.3) is 5.91 Å². The fourth-order valence-corrected chi connectivity index (χ4v) is 4.43. The van der Waals surface area contributed by atoms with E-state index in [0.717, 1.165) is 36.7 Å². The lowest BCUT2D eigenvalue weighted by molar-refractivity contribution is 0.0493. The number of rotatable bonds is 3. The molecule has 0 N–H and O–H groups in total. The highest BCUT2D eigenvalue weighted by Gasteiger charge is 2.43. The van der Waals surface area contributed by atoms with E-state index in [0.29, 0.717) is 18.1 Å². The number of piperazine rings is 1. The minimum atomic E-state index is 0.00356. The molecule has 8 nitrogen and oxygen atoms in total. The molecule has 8 heteroatoms. The predicted molar refractivity (Wildman–Crippen MR) is 108 cm³/mol. The number of anilines is 1. The highest BCUT2D eigenvalue weighted by atomic mass is 16.2. The van der Waals surface area contributed by atoms with Crippen LogP contribution in [-0.2, 0) is 0 Å². The van der Waals surface area contributed by atoms with Crippen LogP contribution in [0.5, 0.6) is 0 Å². The van der Waals surface area contributed by atoms with Gasteiger partial charge in [-0.3, -0.25) is 4.79 Å². The largest absolute Gasteiger partial charge is 0.334 e. The summed E-state index contributed by atoms with van der Waals surface area (Å²) in [6.07, 6.45) is 5.40. The van der Waals surface area contributed by atoms with Gasteiger partial charge in [-0.25, -0.2) is 19.6 Å². The topological polar surface area (TPSA) is 80.0 Å². The molecule has 3 aromatic heterocycles. The van der Waals surface area contributed by atoms with Crippen molar-refractivity contribution in [1.29, 1.82) is 0 Å². The van der Waals surface area contributed by atoms with Crippen LogP contribution in [0.15, 0.2) is 42.7 Å². The smallest absolute Gasteiger partial charge is 0.273 e. The molecule has 3 fully saturated rings. The molecule has 0 radical (unpaired) electrons. The second-order valence-corrected chi connectivity index (χ2v) is 7.76. The summed E-state index contributed by atoms with van der Waals surface area (Å²) in [5.41, 5.74) is 2.49. The molecule has 3 saturated heterocycles. The highest BCUT2D eigenvalue weighted by molar-refractivity contribution is 5.93. The molecule has 29 heavy (non-hydrogen) atoms. The fourth-order valence-electron chi connectivity index (χ4n) is 4.43. The monoisotopic (exact) mass is 389 g/mol. The molecule has 3 aliphatic heterocycles. The number of fused-ring (bicyclic) bond motifs is 3. The van der Waals surface area contributed by atoms with Crippen LogP contribution >= 0.6 is 0 Å².